The number of hydrogen-bond acceptors (Lipinski definition) is 9. The average molecular weight is 589 g/mol. The number of quaternary nitrogens is 2. The van der Waals surface area contributed by atoms with E-state index in [0.717, 1.165) is 46.8 Å². The Bertz CT molecular complexity index is 699. The summed E-state index contributed by atoms with van der Waals surface area (Å²) in [5.41, 5.74) is 7.29. The third kappa shape index (κ3) is 23.2. The first-order valence-corrected chi connectivity index (χ1v) is 14.4. The van der Waals surface area contributed by atoms with Crippen LogP contribution in [-0.2, 0) is 0 Å². The first-order valence-electron chi connectivity index (χ1n) is 9.31. The first-order chi connectivity index (χ1) is 15.3. The highest BCUT2D eigenvalue weighted by molar-refractivity contribution is 8.77. The molecule has 186 valence electrons. The van der Waals surface area contributed by atoms with E-state index < -0.39 is 0 Å². The van der Waals surface area contributed by atoms with Crippen LogP contribution in [0.1, 0.15) is 0 Å². The molecule has 0 aliphatic heterocycles. The van der Waals surface area contributed by atoms with Gasteiger partial charge in [-0.3, -0.25) is 0 Å². The minimum atomic E-state index is 0. The molecule has 0 saturated heterocycles. The minimum absolute atomic E-state index is 0. The lowest BCUT2D eigenvalue weighted by molar-refractivity contribution is -0.360. The summed E-state index contributed by atoms with van der Waals surface area (Å²) in [7, 11) is 7.74. The molecular formula is C20H31Cl2N5OS5. The van der Waals surface area contributed by atoms with Crippen molar-refractivity contribution in [2.24, 2.45) is 0 Å². The molecule has 3 rings (SSSR count). The highest BCUT2D eigenvalue weighted by atomic mass is 35.5. The Kier molecular flexibility index (Phi) is 33.5. The fourth-order valence-electron chi connectivity index (χ4n) is 1.44. The molecule has 0 atom stereocenters. The second kappa shape index (κ2) is 29.7. The normalized spacial score (nSPS) is 8.64. The summed E-state index contributed by atoms with van der Waals surface area (Å²) in [6, 6.07) is 17.7. The second-order valence-corrected chi connectivity index (χ2v) is 10.1. The lowest BCUT2D eigenvalue weighted by Gasteiger charge is -1.97. The molecule has 0 amide bonds. The molecule has 13 heteroatoms. The highest BCUT2D eigenvalue weighted by Crippen LogP contribution is 2.34. The molecule has 0 radical (unpaired) electrons. The van der Waals surface area contributed by atoms with Gasteiger partial charge in [0, 0.05) is 31.5 Å². The first kappa shape index (κ1) is 37.2. The summed E-state index contributed by atoms with van der Waals surface area (Å²) >= 11 is 3.86. The van der Waals surface area contributed by atoms with E-state index in [4.69, 9.17) is 5.11 Å². The van der Waals surface area contributed by atoms with Crippen molar-refractivity contribution >= 4 is 55.8 Å². The number of thiol groups is 1. The summed E-state index contributed by atoms with van der Waals surface area (Å²) in [6.45, 7) is 1.91. The van der Waals surface area contributed by atoms with Crippen molar-refractivity contribution in [1.82, 2.24) is 15.0 Å². The number of hydrogen-bond donors (Lipinski definition) is 4. The molecule has 0 bridgehead atoms. The zero-order valence-corrected chi connectivity index (χ0v) is 24.0. The summed E-state index contributed by atoms with van der Waals surface area (Å²) in [6.07, 6.45) is 5.40. The van der Waals surface area contributed by atoms with Crippen molar-refractivity contribution in [2.45, 2.75) is 15.1 Å². The average Bonchev–Trinajstić information content (AvgIpc) is 2.87. The fraction of sp³-hybridized carbons (Fsp3) is 0.250. The maximum absolute atomic E-state index is 7.00. The molecule has 0 aliphatic rings. The molecule has 0 spiro atoms. The van der Waals surface area contributed by atoms with Gasteiger partial charge in [-0.1, -0.05) is 29.0 Å². The van der Waals surface area contributed by atoms with Crippen LogP contribution in [0.4, 0.5) is 0 Å². The number of aromatic nitrogens is 3. The zero-order valence-electron chi connectivity index (χ0n) is 18.3. The SMILES string of the molecule is CO.[Cl-].[Cl-].[NH3+]CCS.[NH3+]CCSSc1ccccn1.c1ccc(SSc2ccccn2)nc1. The molecule has 0 aromatic carbocycles. The van der Waals surface area contributed by atoms with Crippen molar-refractivity contribution in [3.63, 3.8) is 0 Å². The Labute approximate surface area is 230 Å². The predicted octanol–water partition coefficient (Wildman–Crippen LogP) is -2.89. The predicted molar refractivity (Wildman–Crippen MR) is 140 cm³/mol. The lowest BCUT2D eigenvalue weighted by Crippen LogP contribution is -3.00. The van der Waals surface area contributed by atoms with Crippen LogP contribution in [0.5, 0.6) is 0 Å². The number of rotatable bonds is 8. The maximum atomic E-state index is 7.00. The Hall–Kier alpha value is -0.340. The van der Waals surface area contributed by atoms with Crippen molar-refractivity contribution in [2.75, 3.05) is 31.7 Å². The molecule has 3 aromatic rings. The van der Waals surface area contributed by atoms with E-state index in [2.05, 4.69) is 39.0 Å². The van der Waals surface area contributed by atoms with Crippen molar-refractivity contribution < 1.29 is 41.4 Å². The van der Waals surface area contributed by atoms with E-state index in [0.29, 0.717) is 0 Å². The summed E-state index contributed by atoms with van der Waals surface area (Å²) in [4.78, 5) is 12.6. The molecule has 3 heterocycles. The van der Waals surface area contributed by atoms with E-state index >= 15 is 0 Å². The van der Waals surface area contributed by atoms with Gasteiger partial charge >= 0.3 is 0 Å². The van der Waals surface area contributed by atoms with Gasteiger partial charge in [0.25, 0.3) is 0 Å². The van der Waals surface area contributed by atoms with Crippen LogP contribution in [0.3, 0.4) is 0 Å². The van der Waals surface area contributed by atoms with E-state index in [1.54, 1.807) is 55.6 Å². The largest absolute Gasteiger partial charge is 1.00 e. The van der Waals surface area contributed by atoms with Gasteiger partial charge < -0.3 is 41.4 Å². The molecule has 0 fully saturated rings. The van der Waals surface area contributed by atoms with Crippen LogP contribution in [0, 0.1) is 0 Å². The van der Waals surface area contributed by atoms with Gasteiger partial charge in [0.05, 0.1) is 18.8 Å². The maximum Gasteiger partial charge on any atom is 0.107 e. The van der Waals surface area contributed by atoms with Crippen molar-refractivity contribution in [3.8, 4) is 0 Å². The number of aliphatic hydroxyl groups is 1. The zero-order chi connectivity index (χ0) is 23.0. The van der Waals surface area contributed by atoms with E-state index in [9.17, 15) is 0 Å². The molecule has 6 nitrogen and oxygen atoms in total. The van der Waals surface area contributed by atoms with Gasteiger partial charge in [-0.15, -0.1) is 0 Å². The second-order valence-electron chi connectivity index (χ2n) is 5.01. The molecule has 0 saturated carbocycles. The minimum Gasteiger partial charge on any atom is -1.00 e. The van der Waals surface area contributed by atoms with Crippen molar-refractivity contribution in [1.29, 1.82) is 0 Å². The van der Waals surface area contributed by atoms with E-state index in [1.165, 1.54) is 0 Å². The van der Waals surface area contributed by atoms with Crippen LogP contribution < -0.4 is 36.3 Å². The third-order valence-electron chi connectivity index (χ3n) is 2.66. The van der Waals surface area contributed by atoms with E-state index in [1.807, 2.05) is 60.8 Å². The Morgan fingerprint density at radius 3 is 1.33 bits per heavy atom. The third-order valence-corrected chi connectivity index (χ3v) is 7.51. The number of pyridine rings is 3. The number of nitrogens with zero attached hydrogens (tertiary/aromatic N) is 3. The Balaban J connectivity index is -0.000000428. The van der Waals surface area contributed by atoms with Gasteiger partial charge in [0.1, 0.15) is 15.1 Å². The van der Waals surface area contributed by atoms with Crippen LogP contribution in [-0.4, -0.2) is 51.8 Å². The van der Waals surface area contributed by atoms with Gasteiger partial charge in [0.2, 0.25) is 0 Å². The monoisotopic (exact) mass is 587 g/mol. The van der Waals surface area contributed by atoms with E-state index in [-0.39, 0.29) is 24.8 Å². The summed E-state index contributed by atoms with van der Waals surface area (Å²) in [5.74, 6) is 1.99. The fourth-order valence-corrected chi connectivity index (χ4v) is 5.01. The Morgan fingerprint density at radius 1 is 0.697 bits per heavy atom. The van der Waals surface area contributed by atoms with Crippen LogP contribution in [0.15, 0.2) is 88.3 Å². The van der Waals surface area contributed by atoms with Gasteiger partial charge in [-0.2, -0.15) is 12.6 Å². The molecular weight excluding hydrogens is 557 g/mol. The smallest absolute Gasteiger partial charge is 0.107 e. The van der Waals surface area contributed by atoms with Crippen LogP contribution in [0.2, 0.25) is 0 Å². The quantitative estimate of drug-likeness (QED) is 0.126. The molecule has 0 aliphatic carbocycles. The molecule has 0 unspecified atom stereocenters. The molecule has 33 heavy (non-hydrogen) atoms. The standard InChI is InChI=1S/C10H8N2S2.C7H10N2S2.C2H7NS.CH4O.2ClH/c1-3-7-11-9(5-1)13-14-10-6-2-4-8-12-10;8-4-6-10-11-7-3-1-2-5-9-7;3-1-2-4;1-2;;/h1-8H;1-3,5H,4,6,8H2;4H,1-3H2;2H,1H3;2*1H. The topological polar surface area (TPSA) is 114 Å². The Morgan fingerprint density at radius 2 is 1.06 bits per heavy atom. The van der Waals surface area contributed by atoms with Crippen LogP contribution >= 0.6 is 55.8 Å². The summed E-state index contributed by atoms with van der Waals surface area (Å²) < 4.78 is 0. The molecule has 3 aromatic heterocycles. The molecule has 7 N–H and O–H groups in total. The highest BCUT2D eigenvalue weighted by Gasteiger charge is 1.97. The van der Waals surface area contributed by atoms with Gasteiger partial charge in [-0.25, -0.2) is 15.0 Å². The van der Waals surface area contributed by atoms with Crippen LogP contribution in [0.25, 0.3) is 0 Å². The van der Waals surface area contributed by atoms with Gasteiger partial charge in [-0.05, 0) is 68.8 Å². The van der Waals surface area contributed by atoms with Gasteiger partial charge in [0.15, 0.2) is 0 Å². The van der Waals surface area contributed by atoms with Crippen molar-refractivity contribution in [3.05, 3.63) is 73.2 Å². The number of aliphatic hydroxyl groups excluding tert-OH is 1. The lowest BCUT2D eigenvalue weighted by atomic mass is 10.5. The summed E-state index contributed by atoms with van der Waals surface area (Å²) in [5, 5.41) is 10.1. The number of halogens is 2.